The van der Waals surface area contributed by atoms with Crippen LogP contribution in [0.2, 0.25) is 5.02 Å². The lowest BCUT2D eigenvalue weighted by Gasteiger charge is -2.24. The second kappa shape index (κ2) is 8.31. The van der Waals surface area contributed by atoms with Crippen molar-refractivity contribution >= 4 is 29.0 Å². The van der Waals surface area contributed by atoms with E-state index < -0.39 is 17.8 Å². The van der Waals surface area contributed by atoms with Gasteiger partial charge in [0.1, 0.15) is 0 Å². The zero-order chi connectivity index (χ0) is 22.9. The normalized spacial score (nSPS) is 11.4. The van der Waals surface area contributed by atoms with Gasteiger partial charge in [-0.1, -0.05) is 41.9 Å². The van der Waals surface area contributed by atoms with E-state index in [9.17, 15) is 18.0 Å². The van der Waals surface area contributed by atoms with Crippen LogP contribution in [0.1, 0.15) is 5.56 Å². The molecule has 32 heavy (non-hydrogen) atoms. The molecule has 0 bridgehead atoms. The maximum absolute atomic E-state index is 12.9. The van der Waals surface area contributed by atoms with Crippen LogP contribution in [0.3, 0.4) is 0 Å². The number of nitrogens with one attached hydrogen (secondary N) is 1. The van der Waals surface area contributed by atoms with Crippen molar-refractivity contribution in [2.24, 2.45) is 5.73 Å². The number of alkyl halides is 3. The number of anilines is 2. The molecule has 0 aliphatic carbocycles. The highest BCUT2D eigenvalue weighted by atomic mass is 35.5. The highest BCUT2D eigenvalue weighted by Crippen LogP contribution is 2.39. The molecule has 1 heterocycles. The molecule has 4 rings (SSSR count). The topological polar surface area (TPSA) is 101 Å². The Balaban J connectivity index is 1.86. The number of halogens is 4. The summed E-state index contributed by atoms with van der Waals surface area (Å²) < 4.78 is 38.7. The third-order valence-corrected chi connectivity index (χ3v) is 5.02. The molecule has 0 aliphatic rings. The second-order valence-electron chi connectivity index (χ2n) is 6.68. The predicted molar refractivity (Wildman–Crippen MR) is 113 cm³/mol. The van der Waals surface area contributed by atoms with Crippen molar-refractivity contribution in [3.05, 3.63) is 77.3 Å². The number of benzene rings is 3. The van der Waals surface area contributed by atoms with Crippen LogP contribution < -0.4 is 10.6 Å². The number of carbonyl (C=O) groups excluding carboxylic acids is 1. The molecule has 11 heteroatoms. The number of nitrogens with zero attached hydrogens (tertiary/aromatic N) is 4. The van der Waals surface area contributed by atoms with Gasteiger partial charge in [0.05, 0.1) is 22.0 Å². The van der Waals surface area contributed by atoms with E-state index in [1.54, 1.807) is 42.5 Å². The smallest absolute Gasteiger partial charge is 0.351 e. The van der Waals surface area contributed by atoms with Crippen LogP contribution in [0.4, 0.5) is 29.3 Å². The first kappa shape index (κ1) is 21.3. The van der Waals surface area contributed by atoms with E-state index in [-0.39, 0.29) is 5.82 Å². The van der Waals surface area contributed by atoms with E-state index >= 15 is 0 Å². The first-order chi connectivity index (χ1) is 15.3. The largest absolute Gasteiger partial charge is 0.416 e. The lowest BCUT2D eigenvalue weighted by molar-refractivity contribution is -0.137. The average molecular weight is 459 g/mol. The Bertz CT molecular complexity index is 1260. The number of rotatable bonds is 4. The summed E-state index contributed by atoms with van der Waals surface area (Å²) in [5, 5.41) is 14.0. The van der Waals surface area contributed by atoms with Crippen LogP contribution in [0.15, 0.2) is 66.7 Å². The van der Waals surface area contributed by atoms with Crippen molar-refractivity contribution in [3.63, 3.8) is 0 Å². The highest BCUT2D eigenvalue weighted by Gasteiger charge is 2.30. The lowest BCUT2D eigenvalue weighted by Crippen LogP contribution is -2.32. The summed E-state index contributed by atoms with van der Waals surface area (Å²) in [6.45, 7) is 0. The van der Waals surface area contributed by atoms with Crippen LogP contribution in [-0.2, 0) is 6.18 Å². The Morgan fingerprint density at radius 2 is 1.66 bits per heavy atom. The molecule has 7 nitrogen and oxygen atoms in total. The molecule has 1 aromatic heterocycles. The van der Waals surface area contributed by atoms with Crippen LogP contribution >= 0.6 is 11.6 Å². The highest BCUT2D eigenvalue weighted by molar-refractivity contribution is 6.34. The molecule has 3 N–H and O–H groups in total. The Morgan fingerprint density at radius 3 is 2.25 bits per heavy atom. The monoisotopic (exact) mass is 458 g/mol. The van der Waals surface area contributed by atoms with Crippen LogP contribution in [0.25, 0.3) is 22.5 Å². The molecule has 4 aromatic rings. The quantitative estimate of drug-likeness (QED) is 0.426. The van der Waals surface area contributed by atoms with E-state index in [0.29, 0.717) is 33.1 Å². The summed E-state index contributed by atoms with van der Waals surface area (Å²) in [6, 6.07) is 15.5. The molecule has 0 radical (unpaired) electrons. The Morgan fingerprint density at radius 1 is 0.969 bits per heavy atom. The molecule has 0 spiro atoms. The predicted octanol–water partition coefficient (Wildman–Crippen LogP) is 5.42. The molecule has 162 valence electrons. The number of H-pyrrole nitrogens is 1. The summed E-state index contributed by atoms with van der Waals surface area (Å²) in [5.41, 5.74) is 7.09. The van der Waals surface area contributed by atoms with E-state index in [4.69, 9.17) is 17.3 Å². The van der Waals surface area contributed by atoms with Gasteiger partial charge >= 0.3 is 12.2 Å². The van der Waals surface area contributed by atoms with Gasteiger partial charge in [0.2, 0.25) is 0 Å². The Hall–Kier alpha value is -3.92. The SMILES string of the molecule is NC(=O)N(c1ccccc1Cl)c1ccc(-c2ccc(C(F)(F)F)cc2)cc1-c1nnn[nH]1. The van der Waals surface area contributed by atoms with Crippen LogP contribution in [0, 0.1) is 0 Å². The van der Waals surface area contributed by atoms with Gasteiger partial charge in [0, 0.05) is 5.56 Å². The van der Waals surface area contributed by atoms with Gasteiger partial charge in [-0.2, -0.15) is 13.2 Å². The number of carbonyl (C=O) groups is 1. The first-order valence-electron chi connectivity index (χ1n) is 9.15. The zero-order valence-corrected chi connectivity index (χ0v) is 16.9. The molecule has 2 amide bonds. The van der Waals surface area contributed by atoms with Gasteiger partial charge in [-0.25, -0.2) is 9.89 Å². The summed E-state index contributed by atoms with van der Waals surface area (Å²) in [4.78, 5) is 13.6. The summed E-state index contributed by atoms with van der Waals surface area (Å²) >= 11 is 6.28. The molecular weight excluding hydrogens is 445 g/mol. The van der Waals surface area contributed by atoms with Crippen molar-refractivity contribution < 1.29 is 18.0 Å². The maximum Gasteiger partial charge on any atom is 0.416 e. The molecule has 0 atom stereocenters. The van der Waals surface area contributed by atoms with Crippen molar-refractivity contribution in [2.75, 3.05) is 4.90 Å². The Labute approximate surface area is 184 Å². The number of para-hydroxylation sites is 1. The van der Waals surface area contributed by atoms with Crippen molar-refractivity contribution in [3.8, 4) is 22.5 Å². The molecule has 0 aliphatic heterocycles. The second-order valence-corrected chi connectivity index (χ2v) is 7.09. The van der Waals surface area contributed by atoms with Crippen molar-refractivity contribution in [1.82, 2.24) is 20.6 Å². The number of aromatic amines is 1. The molecule has 0 fully saturated rings. The minimum atomic E-state index is -4.43. The van der Waals surface area contributed by atoms with Gasteiger partial charge in [-0.05, 0) is 58.0 Å². The van der Waals surface area contributed by atoms with Gasteiger partial charge in [0.25, 0.3) is 0 Å². The number of aromatic nitrogens is 4. The standard InChI is InChI=1S/C21H14ClF3N6O/c22-16-3-1-2-4-18(16)31(20(26)32)17-10-7-13(11-15(17)19-27-29-30-28-19)12-5-8-14(9-6-12)21(23,24)25/h1-11H,(H2,26,32)(H,27,28,29,30). The van der Waals surface area contributed by atoms with Crippen LogP contribution in [0.5, 0.6) is 0 Å². The van der Waals surface area contributed by atoms with Gasteiger partial charge in [-0.15, -0.1) is 5.10 Å². The molecule has 0 saturated heterocycles. The fourth-order valence-electron chi connectivity index (χ4n) is 3.23. The number of hydrogen-bond donors (Lipinski definition) is 2. The van der Waals surface area contributed by atoms with Gasteiger partial charge in [0.15, 0.2) is 5.82 Å². The lowest BCUT2D eigenvalue weighted by atomic mass is 9.99. The van der Waals surface area contributed by atoms with Crippen LogP contribution in [-0.4, -0.2) is 26.7 Å². The summed E-state index contributed by atoms with van der Waals surface area (Å²) in [5.74, 6) is 0.229. The molecule has 0 saturated carbocycles. The number of hydrogen-bond acceptors (Lipinski definition) is 4. The zero-order valence-electron chi connectivity index (χ0n) is 16.1. The third-order valence-electron chi connectivity index (χ3n) is 4.70. The minimum absolute atomic E-state index is 0.229. The average Bonchev–Trinajstić information content (AvgIpc) is 3.29. The number of nitrogens with two attached hydrogens (primary N) is 1. The van der Waals surface area contributed by atoms with E-state index in [1.807, 2.05) is 0 Å². The Kier molecular flexibility index (Phi) is 5.54. The van der Waals surface area contributed by atoms with Crippen molar-refractivity contribution in [1.29, 1.82) is 0 Å². The molecule has 3 aromatic carbocycles. The number of urea groups is 1. The number of amides is 2. The van der Waals surface area contributed by atoms with Gasteiger partial charge < -0.3 is 5.73 Å². The van der Waals surface area contributed by atoms with Crippen molar-refractivity contribution in [2.45, 2.75) is 6.18 Å². The molecular formula is C21H14ClF3N6O. The third kappa shape index (κ3) is 4.12. The fourth-order valence-corrected chi connectivity index (χ4v) is 3.45. The maximum atomic E-state index is 12.9. The van der Waals surface area contributed by atoms with E-state index in [0.717, 1.165) is 12.1 Å². The first-order valence-corrected chi connectivity index (χ1v) is 9.53. The molecule has 0 unspecified atom stereocenters. The number of primary amides is 1. The van der Waals surface area contributed by atoms with E-state index in [1.165, 1.54) is 17.0 Å². The minimum Gasteiger partial charge on any atom is -0.351 e. The van der Waals surface area contributed by atoms with E-state index in [2.05, 4.69) is 20.6 Å². The number of tetrazole rings is 1. The van der Waals surface area contributed by atoms with Gasteiger partial charge in [-0.3, -0.25) is 4.90 Å². The fraction of sp³-hybridized carbons (Fsp3) is 0.0476. The summed E-state index contributed by atoms with van der Waals surface area (Å²) in [7, 11) is 0. The summed E-state index contributed by atoms with van der Waals surface area (Å²) in [6.07, 6.45) is -4.43.